The first-order chi connectivity index (χ1) is 12.9. The molecule has 0 bridgehead atoms. The lowest BCUT2D eigenvalue weighted by molar-refractivity contribution is -0.137. The maximum Gasteiger partial charge on any atom is 0.417 e. The number of carbonyl (C=O) groups is 2. The number of halogens is 3. The molecule has 142 valence electrons. The number of amides is 2. The second kappa shape index (κ2) is 7.77. The monoisotopic (exact) mass is 377 g/mol. The molecule has 0 spiro atoms. The molecular formula is C19H18F3N3O2. The van der Waals surface area contributed by atoms with Gasteiger partial charge in [-0.25, -0.2) is 0 Å². The Hall–Kier alpha value is -2.90. The molecule has 0 unspecified atom stereocenters. The molecule has 1 saturated heterocycles. The second-order valence-electron chi connectivity index (χ2n) is 6.30. The Morgan fingerprint density at radius 1 is 1.04 bits per heavy atom. The van der Waals surface area contributed by atoms with Crippen LogP contribution < -0.4 is 5.32 Å². The van der Waals surface area contributed by atoms with E-state index >= 15 is 0 Å². The molecule has 2 aromatic rings. The summed E-state index contributed by atoms with van der Waals surface area (Å²) >= 11 is 0. The summed E-state index contributed by atoms with van der Waals surface area (Å²) in [5.41, 5.74) is -0.999. The Labute approximate surface area is 154 Å². The van der Waals surface area contributed by atoms with E-state index in [1.165, 1.54) is 18.3 Å². The van der Waals surface area contributed by atoms with Gasteiger partial charge in [-0.2, -0.15) is 13.2 Å². The number of nitrogens with one attached hydrogen (secondary N) is 1. The van der Waals surface area contributed by atoms with Gasteiger partial charge in [0.05, 0.1) is 11.1 Å². The first kappa shape index (κ1) is 18.9. The van der Waals surface area contributed by atoms with E-state index in [2.05, 4.69) is 10.3 Å². The second-order valence-corrected chi connectivity index (χ2v) is 6.30. The smallest absolute Gasteiger partial charge is 0.349 e. The molecule has 1 aromatic heterocycles. The highest BCUT2D eigenvalue weighted by atomic mass is 19.4. The molecule has 0 aliphatic carbocycles. The molecule has 8 heteroatoms. The number of piperidine rings is 1. The third kappa shape index (κ3) is 4.45. The van der Waals surface area contributed by atoms with Gasteiger partial charge < -0.3 is 10.2 Å². The number of hydrogen-bond acceptors (Lipinski definition) is 3. The first-order valence-corrected chi connectivity index (χ1v) is 8.53. The van der Waals surface area contributed by atoms with Crippen LogP contribution in [0.5, 0.6) is 0 Å². The molecule has 5 nitrogen and oxygen atoms in total. The molecule has 1 aliphatic heterocycles. The van der Waals surface area contributed by atoms with Crippen molar-refractivity contribution in [3.05, 3.63) is 65.5 Å². The molecule has 1 aromatic carbocycles. The fourth-order valence-electron chi connectivity index (χ4n) is 3.07. The molecule has 0 saturated carbocycles. The minimum atomic E-state index is -4.59. The molecule has 1 aliphatic rings. The Kier molecular flexibility index (Phi) is 5.43. The zero-order valence-corrected chi connectivity index (χ0v) is 14.4. The Balaban J connectivity index is 1.60. The molecule has 2 heterocycles. The van der Waals surface area contributed by atoms with Gasteiger partial charge in [0, 0.05) is 25.3 Å². The predicted molar refractivity (Wildman–Crippen MR) is 92.1 cm³/mol. The summed E-state index contributed by atoms with van der Waals surface area (Å²) in [4.78, 5) is 30.3. The van der Waals surface area contributed by atoms with E-state index in [9.17, 15) is 22.8 Å². The number of rotatable bonds is 3. The van der Waals surface area contributed by atoms with Gasteiger partial charge in [-0.3, -0.25) is 14.6 Å². The molecule has 3 rings (SSSR count). The van der Waals surface area contributed by atoms with Gasteiger partial charge in [0.25, 0.3) is 11.8 Å². The topological polar surface area (TPSA) is 62.3 Å². The standard InChI is InChI=1S/C19H18F3N3O2/c20-19(21,22)15-6-2-1-5-14(15)17(26)24-13-8-11-25(12-9-13)18(27)16-7-3-4-10-23-16/h1-7,10,13H,8-9,11-12H2,(H,24,26). The predicted octanol–water partition coefficient (Wildman–Crippen LogP) is 3.14. The molecule has 2 amide bonds. The minimum absolute atomic E-state index is 0.192. The molecule has 27 heavy (non-hydrogen) atoms. The number of likely N-dealkylation sites (tertiary alicyclic amines) is 1. The van der Waals surface area contributed by atoms with Crippen molar-refractivity contribution in [2.45, 2.75) is 25.1 Å². The third-order valence-corrected chi connectivity index (χ3v) is 4.48. The van der Waals surface area contributed by atoms with Crippen molar-refractivity contribution in [3.8, 4) is 0 Å². The molecule has 1 fully saturated rings. The summed E-state index contributed by atoms with van der Waals surface area (Å²) in [6.45, 7) is 0.808. The largest absolute Gasteiger partial charge is 0.417 e. The Morgan fingerprint density at radius 3 is 2.33 bits per heavy atom. The quantitative estimate of drug-likeness (QED) is 0.894. The average molecular weight is 377 g/mol. The fourth-order valence-corrected chi connectivity index (χ4v) is 3.07. The van der Waals surface area contributed by atoms with Crippen molar-refractivity contribution in [2.24, 2.45) is 0 Å². The average Bonchev–Trinajstić information content (AvgIpc) is 2.68. The van der Waals surface area contributed by atoms with Crippen LogP contribution in [0.3, 0.4) is 0 Å². The molecule has 0 atom stereocenters. The highest BCUT2D eigenvalue weighted by molar-refractivity contribution is 5.96. The maximum absolute atomic E-state index is 13.1. The van der Waals surface area contributed by atoms with Gasteiger partial charge >= 0.3 is 6.18 Å². The van der Waals surface area contributed by atoms with Crippen LogP contribution >= 0.6 is 0 Å². The van der Waals surface area contributed by atoms with Crippen molar-refractivity contribution in [3.63, 3.8) is 0 Å². The van der Waals surface area contributed by atoms with Crippen LogP contribution in [-0.2, 0) is 6.18 Å². The summed E-state index contributed by atoms with van der Waals surface area (Å²) < 4.78 is 39.2. The zero-order valence-electron chi connectivity index (χ0n) is 14.4. The lowest BCUT2D eigenvalue weighted by Crippen LogP contribution is -2.47. The zero-order chi connectivity index (χ0) is 19.4. The molecule has 0 radical (unpaired) electrons. The van der Waals surface area contributed by atoms with E-state index in [0.29, 0.717) is 31.6 Å². The van der Waals surface area contributed by atoms with E-state index in [0.717, 1.165) is 12.1 Å². The third-order valence-electron chi connectivity index (χ3n) is 4.48. The molecule has 1 N–H and O–H groups in total. The number of benzene rings is 1. The van der Waals surface area contributed by atoms with Crippen LogP contribution in [-0.4, -0.2) is 40.8 Å². The van der Waals surface area contributed by atoms with Crippen molar-refractivity contribution in [1.29, 1.82) is 0 Å². The van der Waals surface area contributed by atoms with E-state index in [1.54, 1.807) is 23.1 Å². The summed E-state index contributed by atoms with van der Waals surface area (Å²) in [7, 11) is 0. The Morgan fingerprint density at radius 2 is 1.70 bits per heavy atom. The van der Waals surface area contributed by atoms with Crippen LogP contribution in [0.4, 0.5) is 13.2 Å². The maximum atomic E-state index is 13.1. The summed E-state index contributed by atoms with van der Waals surface area (Å²) in [6.07, 6.45) is -2.11. The highest BCUT2D eigenvalue weighted by Gasteiger charge is 2.35. The van der Waals surface area contributed by atoms with Gasteiger partial charge in [-0.1, -0.05) is 18.2 Å². The normalized spacial score (nSPS) is 15.4. The number of alkyl halides is 3. The molecular weight excluding hydrogens is 359 g/mol. The van der Waals surface area contributed by atoms with E-state index in [4.69, 9.17) is 0 Å². The van der Waals surface area contributed by atoms with Crippen molar-refractivity contribution < 1.29 is 22.8 Å². The SMILES string of the molecule is O=C(NC1CCN(C(=O)c2ccccn2)CC1)c1ccccc1C(F)(F)F. The first-order valence-electron chi connectivity index (χ1n) is 8.53. The number of pyridine rings is 1. The van der Waals surface area contributed by atoms with E-state index in [1.807, 2.05) is 0 Å². The van der Waals surface area contributed by atoms with Gasteiger partial charge in [0.15, 0.2) is 0 Å². The van der Waals surface area contributed by atoms with Crippen LogP contribution in [0.1, 0.15) is 39.3 Å². The van der Waals surface area contributed by atoms with Crippen LogP contribution in [0.25, 0.3) is 0 Å². The van der Waals surface area contributed by atoms with Crippen molar-refractivity contribution >= 4 is 11.8 Å². The fraction of sp³-hybridized carbons (Fsp3) is 0.316. The van der Waals surface area contributed by atoms with Gasteiger partial charge in [0.1, 0.15) is 5.69 Å². The highest BCUT2D eigenvalue weighted by Crippen LogP contribution is 2.31. The van der Waals surface area contributed by atoms with Crippen LogP contribution in [0.15, 0.2) is 48.7 Å². The van der Waals surface area contributed by atoms with Crippen molar-refractivity contribution in [2.75, 3.05) is 13.1 Å². The number of nitrogens with zero attached hydrogens (tertiary/aromatic N) is 2. The van der Waals surface area contributed by atoms with E-state index < -0.39 is 23.2 Å². The minimum Gasteiger partial charge on any atom is -0.349 e. The summed E-state index contributed by atoms with van der Waals surface area (Å²) in [5.74, 6) is -0.944. The summed E-state index contributed by atoms with van der Waals surface area (Å²) in [5, 5.41) is 2.65. The van der Waals surface area contributed by atoms with Crippen LogP contribution in [0, 0.1) is 0 Å². The van der Waals surface area contributed by atoms with E-state index in [-0.39, 0.29) is 11.9 Å². The Bertz CT molecular complexity index is 816. The lowest BCUT2D eigenvalue weighted by atomic mass is 10.0. The summed E-state index contributed by atoms with van der Waals surface area (Å²) in [6, 6.07) is 9.50. The number of hydrogen-bond donors (Lipinski definition) is 1. The number of carbonyl (C=O) groups excluding carboxylic acids is 2. The van der Waals surface area contributed by atoms with Gasteiger partial charge in [-0.05, 0) is 37.1 Å². The van der Waals surface area contributed by atoms with Gasteiger partial charge in [-0.15, -0.1) is 0 Å². The lowest BCUT2D eigenvalue weighted by Gasteiger charge is -2.32. The van der Waals surface area contributed by atoms with Gasteiger partial charge in [0.2, 0.25) is 0 Å². The number of aromatic nitrogens is 1. The van der Waals surface area contributed by atoms with Crippen LogP contribution in [0.2, 0.25) is 0 Å². The van der Waals surface area contributed by atoms with Crippen molar-refractivity contribution in [1.82, 2.24) is 15.2 Å².